The van der Waals surface area contributed by atoms with Crippen molar-refractivity contribution < 1.29 is 12.3 Å². The lowest BCUT2D eigenvalue weighted by molar-refractivity contribution is 0.287. The molecular weight excluding hydrogens is 210 g/mol. The highest BCUT2D eigenvalue weighted by Gasteiger charge is 2.42. The highest BCUT2D eigenvalue weighted by Crippen LogP contribution is 2.21. The first-order chi connectivity index (χ1) is 5.16. The van der Waals surface area contributed by atoms with E-state index in [1.165, 1.54) is 0 Å². The van der Waals surface area contributed by atoms with Gasteiger partial charge in [-0.3, -0.25) is 0 Å². The van der Waals surface area contributed by atoms with Gasteiger partial charge in [0.2, 0.25) is 0 Å². The minimum atomic E-state index is -2.50. The van der Waals surface area contributed by atoms with Gasteiger partial charge in [-0.1, -0.05) is 0 Å². The summed E-state index contributed by atoms with van der Waals surface area (Å²) in [6.07, 6.45) is 0. The molecule has 1 atom stereocenters. The van der Waals surface area contributed by atoms with Crippen molar-refractivity contribution in [2.45, 2.75) is 12.5 Å². The van der Waals surface area contributed by atoms with Crippen molar-refractivity contribution in [2.75, 3.05) is 0 Å². The monoisotopic (exact) mass is 223 g/mol. The Hall–Kier alpha value is 0.238. The topological polar surface area (TPSA) is 51.5 Å². The molecule has 0 aromatic rings. The summed E-state index contributed by atoms with van der Waals surface area (Å²) >= 11 is 0. The van der Waals surface area contributed by atoms with E-state index in [1.54, 1.807) is 6.92 Å². The zero-order valence-electron chi connectivity index (χ0n) is 7.25. The van der Waals surface area contributed by atoms with Crippen LogP contribution in [0.15, 0.2) is 0 Å². The molecule has 0 rings (SSSR count). The van der Waals surface area contributed by atoms with E-state index < -0.39 is 8.80 Å². The predicted molar refractivity (Wildman–Crippen MR) is 53.9 cm³/mol. The second-order valence-electron chi connectivity index (χ2n) is 2.07. The van der Waals surface area contributed by atoms with Crippen LogP contribution in [0.3, 0.4) is 0 Å². The van der Waals surface area contributed by atoms with Crippen LogP contribution in [0.5, 0.6) is 0 Å². The van der Waals surface area contributed by atoms with Crippen molar-refractivity contribution >= 4 is 40.3 Å². The standard InChI is InChI=1S/C3H13NO3Si4/c1-3(2-4)11(5-8,6-9)7-10/h3H,1,8-10H3. The highest BCUT2D eigenvalue weighted by molar-refractivity contribution is 6.71. The number of rotatable bonds is 4. The lowest BCUT2D eigenvalue weighted by atomic mass is 10.5. The van der Waals surface area contributed by atoms with Gasteiger partial charge < -0.3 is 12.3 Å². The Morgan fingerprint density at radius 1 is 1.27 bits per heavy atom. The van der Waals surface area contributed by atoms with E-state index in [9.17, 15) is 0 Å². The van der Waals surface area contributed by atoms with Crippen LogP contribution in [0.25, 0.3) is 0 Å². The van der Waals surface area contributed by atoms with Crippen LogP contribution < -0.4 is 0 Å². The Balaban J connectivity index is 4.42. The first-order valence-electron chi connectivity index (χ1n) is 3.22. The van der Waals surface area contributed by atoms with Gasteiger partial charge in [-0.25, -0.2) is 0 Å². The Kier molecular flexibility index (Phi) is 5.09. The molecule has 8 heteroatoms. The minimum Gasteiger partial charge on any atom is -0.425 e. The van der Waals surface area contributed by atoms with Crippen molar-refractivity contribution in [1.82, 2.24) is 0 Å². The first-order valence-corrected chi connectivity index (χ1v) is 7.47. The lowest BCUT2D eigenvalue weighted by Gasteiger charge is -2.28. The van der Waals surface area contributed by atoms with Crippen LogP contribution in [0, 0.1) is 11.3 Å². The molecule has 4 nitrogen and oxygen atoms in total. The van der Waals surface area contributed by atoms with Crippen LogP contribution in [0.2, 0.25) is 5.54 Å². The van der Waals surface area contributed by atoms with E-state index in [1.807, 2.05) is 0 Å². The average molecular weight is 223 g/mol. The van der Waals surface area contributed by atoms with Gasteiger partial charge in [0.15, 0.2) is 0 Å². The molecule has 0 aliphatic carbocycles. The van der Waals surface area contributed by atoms with Crippen LogP contribution in [0.4, 0.5) is 0 Å². The SMILES string of the molecule is CC(C#N)[Si](O[SiH3])(O[SiH3])O[SiH3]. The fourth-order valence-electron chi connectivity index (χ4n) is 0.859. The van der Waals surface area contributed by atoms with E-state index in [0.29, 0.717) is 31.5 Å². The van der Waals surface area contributed by atoms with Crippen molar-refractivity contribution in [3.63, 3.8) is 0 Å². The van der Waals surface area contributed by atoms with E-state index in [0.717, 1.165) is 0 Å². The third-order valence-corrected chi connectivity index (χ3v) is 9.60. The van der Waals surface area contributed by atoms with Gasteiger partial charge in [-0.15, -0.1) is 0 Å². The maximum Gasteiger partial charge on any atom is 0.485 e. The Labute approximate surface area is 76.8 Å². The van der Waals surface area contributed by atoms with Gasteiger partial charge in [0.05, 0.1) is 6.07 Å². The van der Waals surface area contributed by atoms with Gasteiger partial charge >= 0.3 is 8.80 Å². The summed E-state index contributed by atoms with van der Waals surface area (Å²) in [7, 11) is -0.778. The molecule has 0 bridgehead atoms. The van der Waals surface area contributed by atoms with Crippen molar-refractivity contribution in [3.05, 3.63) is 0 Å². The molecule has 0 heterocycles. The number of hydrogen-bond acceptors (Lipinski definition) is 4. The zero-order chi connectivity index (χ0) is 8.91. The summed E-state index contributed by atoms with van der Waals surface area (Å²) < 4.78 is 15.8. The quantitative estimate of drug-likeness (QED) is 0.469. The maximum absolute atomic E-state index is 8.65. The maximum atomic E-state index is 8.65. The number of nitrogens with zero attached hydrogens (tertiary/aromatic N) is 1. The second kappa shape index (κ2) is 4.99. The molecule has 0 radical (unpaired) electrons. The third-order valence-electron chi connectivity index (χ3n) is 1.58. The molecule has 0 spiro atoms. The molecule has 0 aliphatic heterocycles. The normalized spacial score (nSPS) is 19.3. The summed E-state index contributed by atoms with van der Waals surface area (Å²) in [5.41, 5.74) is -0.227. The fourth-order valence-corrected chi connectivity index (χ4v) is 11.8. The van der Waals surface area contributed by atoms with Gasteiger partial charge in [0.25, 0.3) is 0 Å². The number of hydrogen-bond donors (Lipinski definition) is 0. The van der Waals surface area contributed by atoms with Crippen LogP contribution in [0.1, 0.15) is 6.92 Å². The molecule has 0 saturated carbocycles. The molecule has 64 valence electrons. The minimum absolute atomic E-state index is 0.227. The van der Waals surface area contributed by atoms with Crippen LogP contribution in [-0.4, -0.2) is 40.3 Å². The van der Waals surface area contributed by atoms with E-state index in [2.05, 4.69) is 6.07 Å². The first kappa shape index (κ1) is 11.2. The van der Waals surface area contributed by atoms with E-state index in [4.69, 9.17) is 17.6 Å². The average Bonchev–Trinajstić information content (AvgIpc) is 2.08. The van der Waals surface area contributed by atoms with E-state index >= 15 is 0 Å². The molecule has 0 aromatic heterocycles. The highest BCUT2D eigenvalue weighted by atomic mass is 28.5. The molecule has 0 saturated heterocycles. The van der Waals surface area contributed by atoms with Gasteiger partial charge in [0, 0.05) is 0 Å². The van der Waals surface area contributed by atoms with Crippen molar-refractivity contribution in [2.24, 2.45) is 0 Å². The van der Waals surface area contributed by atoms with E-state index in [-0.39, 0.29) is 5.54 Å². The molecular formula is C3H13NO3Si4. The Morgan fingerprint density at radius 2 is 1.64 bits per heavy atom. The third kappa shape index (κ3) is 2.34. The summed E-state index contributed by atoms with van der Waals surface area (Å²) in [4.78, 5) is 0. The molecule has 11 heavy (non-hydrogen) atoms. The molecule has 0 aliphatic rings. The summed E-state index contributed by atoms with van der Waals surface area (Å²) in [6.45, 7) is 1.79. The Bertz CT molecular complexity index is 147. The largest absolute Gasteiger partial charge is 0.485 e. The predicted octanol–water partition coefficient (Wildman–Crippen LogP) is -3.27. The summed E-state index contributed by atoms with van der Waals surface area (Å²) in [5.74, 6) is 0. The van der Waals surface area contributed by atoms with Crippen LogP contribution >= 0.6 is 0 Å². The molecule has 0 fully saturated rings. The van der Waals surface area contributed by atoms with Gasteiger partial charge in [0.1, 0.15) is 37.0 Å². The zero-order valence-corrected chi connectivity index (χ0v) is 14.2. The van der Waals surface area contributed by atoms with Crippen molar-refractivity contribution in [1.29, 1.82) is 5.26 Å². The van der Waals surface area contributed by atoms with Gasteiger partial charge in [-0.05, 0) is 6.92 Å². The molecule has 0 N–H and O–H groups in total. The summed E-state index contributed by atoms with van der Waals surface area (Å²) in [5, 5.41) is 8.65. The molecule has 0 amide bonds. The fraction of sp³-hybridized carbons (Fsp3) is 0.667. The Morgan fingerprint density at radius 3 is 1.73 bits per heavy atom. The second-order valence-corrected chi connectivity index (χ2v) is 9.04. The lowest BCUT2D eigenvalue weighted by Crippen LogP contribution is -2.47. The molecule has 1 unspecified atom stereocenters. The van der Waals surface area contributed by atoms with Crippen LogP contribution in [-0.2, 0) is 12.3 Å². The molecule has 0 aromatic carbocycles. The summed E-state index contributed by atoms with van der Waals surface area (Å²) in [6, 6.07) is 2.11. The van der Waals surface area contributed by atoms with Crippen molar-refractivity contribution in [3.8, 4) is 6.07 Å². The number of nitriles is 1. The van der Waals surface area contributed by atoms with Gasteiger partial charge in [-0.2, -0.15) is 5.26 Å². The smallest absolute Gasteiger partial charge is 0.425 e.